The predicted octanol–water partition coefficient (Wildman–Crippen LogP) is 10.4. The molecular formula is C40H77O10P. The number of phosphoric ester groups is 1. The summed E-state index contributed by atoms with van der Waals surface area (Å²) >= 11 is 0. The molecule has 0 aliphatic heterocycles. The van der Waals surface area contributed by atoms with Gasteiger partial charge in [-0.15, -0.1) is 0 Å². The number of phosphoric acid groups is 1. The van der Waals surface area contributed by atoms with Gasteiger partial charge in [-0.3, -0.25) is 18.6 Å². The lowest BCUT2D eigenvalue weighted by molar-refractivity contribution is -0.161. The van der Waals surface area contributed by atoms with Gasteiger partial charge in [-0.25, -0.2) is 4.57 Å². The van der Waals surface area contributed by atoms with E-state index in [4.69, 9.17) is 19.1 Å². The Morgan fingerprint density at radius 2 is 0.961 bits per heavy atom. The highest BCUT2D eigenvalue weighted by atomic mass is 31.2. The summed E-state index contributed by atoms with van der Waals surface area (Å²) in [4.78, 5) is 34.9. The smallest absolute Gasteiger partial charge is 0.462 e. The van der Waals surface area contributed by atoms with E-state index < -0.39 is 51.8 Å². The molecule has 0 radical (unpaired) electrons. The van der Waals surface area contributed by atoms with Crippen LogP contribution in [0.3, 0.4) is 0 Å². The summed E-state index contributed by atoms with van der Waals surface area (Å²) < 4.78 is 32.6. The number of rotatable bonds is 39. The van der Waals surface area contributed by atoms with E-state index in [9.17, 15) is 24.2 Å². The zero-order chi connectivity index (χ0) is 37.7. The van der Waals surface area contributed by atoms with E-state index in [1.807, 2.05) is 0 Å². The quantitative estimate of drug-likeness (QED) is 0.0240. The van der Waals surface area contributed by atoms with Crippen LogP contribution in [0, 0.1) is 0 Å². The van der Waals surface area contributed by atoms with E-state index in [-0.39, 0.29) is 19.4 Å². The van der Waals surface area contributed by atoms with Crippen molar-refractivity contribution in [2.75, 3.05) is 26.4 Å². The Balaban J connectivity index is 4.29. The summed E-state index contributed by atoms with van der Waals surface area (Å²) in [5.74, 6) is -0.923. The Kier molecular flexibility index (Phi) is 36.1. The summed E-state index contributed by atoms with van der Waals surface area (Å²) in [5, 5.41) is 18.3. The van der Waals surface area contributed by atoms with E-state index >= 15 is 0 Å². The molecule has 0 saturated carbocycles. The van der Waals surface area contributed by atoms with Crippen LogP contribution in [-0.2, 0) is 32.7 Å². The van der Waals surface area contributed by atoms with Gasteiger partial charge < -0.3 is 24.6 Å². The maximum absolute atomic E-state index is 12.6. The van der Waals surface area contributed by atoms with Gasteiger partial charge in [0.15, 0.2) is 6.10 Å². The minimum absolute atomic E-state index is 0.183. The zero-order valence-electron chi connectivity index (χ0n) is 32.6. The molecule has 0 rings (SSSR count). The summed E-state index contributed by atoms with van der Waals surface area (Å²) in [6.07, 6.45) is 33.2. The number of unbranched alkanes of at least 4 members (excludes halogenated alkanes) is 23. The number of carbonyl (C=O) groups is 2. The molecule has 0 fully saturated rings. The van der Waals surface area contributed by atoms with Gasteiger partial charge in [0, 0.05) is 12.8 Å². The van der Waals surface area contributed by atoms with Gasteiger partial charge >= 0.3 is 19.8 Å². The van der Waals surface area contributed by atoms with Crippen LogP contribution >= 0.6 is 7.82 Å². The van der Waals surface area contributed by atoms with Crippen molar-refractivity contribution in [2.45, 2.75) is 206 Å². The number of carbonyl (C=O) groups excluding carboxylic acids is 2. The van der Waals surface area contributed by atoms with Crippen LogP contribution in [0.1, 0.15) is 194 Å². The van der Waals surface area contributed by atoms with Crippen molar-refractivity contribution in [3.8, 4) is 0 Å². The average molecular weight is 749 g/mol. The molecule has 0 aromatic heterocycles. The van der Waals surface area contributed by atoms with Gasteiger partial charge in [0.2, 0.25) is 0 Å². The standard InChI is InChI=1S/C40H77O10P/c1-3-5-7-9-11-13-15-16-17-18-19-20-22-24-26-28-30-32-40(44)50-38(36-49-51(45,46)48-34-37(42)33-41)35-47-39(43)31-29-27-25-23-21-14-12-10-8-6-4-2/h16-17,37-38,41-42H,3-15,18-36H2,1-2H3,(H,45,46)/b17-16+/t37-,38+/m0/s1. The number of hydrogen-bond acceptors (Lipinski definition) is 9. The molecule has 0 aliphatic rings. The normalized spacial score (nSPS) is 14.1. The molecular weight excluding hydrogens is 671 g/mol. The number of esters is 2. The summed E-state index contributed by atoms with van der Waals surface area (Å²) in [6.45, 7) is 2.37. The van der Waals surface area contributed by atoms with Gasteiger partial charge in [0.25, 0.3) is 0 Å². The zero-order valence-corrected chi connectivity index (χ0v) is 33.5. The number of hydrogen-bond donors (Lipinski definition) is 3. The van der Waals surface area contributed by atoms with E-state index in [1.165, 1.54) is 109 Å². The lowest BCUT2D eigenvalue weighted by atomic mass is 10.1. The first-order valence-electron chi connectivity index (χ1n) is 20.6. The van der Waals surface area contributed by atoms with Crippen LogP contribution in [-0.4, -0.2) is 65.7 Å². The Morgan fingerprint density at radius 1 is 0.569 bits per heavy atom. The summed E-state index contributed by atoms with van der Waals surface area (Å²) in [5.41, 5.74) is 0. The predicted molar refractivity (Wildman–Crippen MR) is 205 cm³/mol. The first-order valence-corrected chi connectivity index (χ1v) is 22.1. The van der Waals surface area contributed by atoms with Gasteiger partial charge in [0.1, 0.15) is 12.7 Å². The molecule has 11 heteroatoms. The Hall–Kier alpha value is -1.29. The van der Waals surface area contributed by atoms with Crippen molar-refractivity contribution in [3.63, 3.8) is 0 Å². The van der Waals surface area contributed by atoms with Crippen LogP contribution in [0.15, 0.2) is 12.2 Å². The molecule has 0 bridgehead atoms. The molecule has 0 amide bonds. The maximum Gasteiger partial charge on any atom is 0.472 e. The van der Waals surface area contributed by atoms with Crippen molar-refractivity contribution in [1.29, 1.82) is 0 Å². The average Bonchev–Trinajstić information content (AvgIpc) is 3.12. The minimum atomic E-state index is -4.61. The molecule has 0 spiro atoms. The van der Waals surface area contributed by atoms with Gasteiger partial charge in [-0.05, 0) is 38.5 Å². The van der Waals surface area contributed by atoms with Crippen molar-refractivity contribution >= 4 is 19.8 Å². The number of ether oxygens (including phenoxy) is 2. The third-order valence-corrected chi connectivity index (χ3v) is 9.87. The second-order valence-electron chi connectivity index (χ2n) is 14.0. The first-order chi connectivity index (χ1) is 24.7. The SMILES string of the molecule is CCCCCCCC/C=C/CCCCCCCCCC(=O)O[C@H](COC(=O)CCCCCCCCCCCCC)COP(=O)(O)OC[C@@H](O)CO. The van der Waals surface area contributed by atoms with Crippen LogP contribution in [0.25, 0.3) is 0 Å². The Labute approximate surface area is 311 Å². The highest BCUT2D eigenvalue weighted by Gasteiger charge is 2.27. The molecule has 0 heterocycles. The maximum atomic E-state index is 12.6. The van der Waals surface area contributed by atoms with Crippen LogP contribution in [0.2, 0.25) is 0 Å². The number of aliphatic hydroxyl groups excluding tert-OH is 2. The van der Waals surface area contributed by atoms with Crippen molar-refractivity contribution in [1.82, 2.24) is 0 Å². The highest BCUT2D eigenvalue weighted by Crippen LogP contribution is 2.43. The van der Waals surface area contributed by atoms with Crippen molar-refractivity contribution in [2.24, 2.45) is 0 Å². The van der Waals surface area contributed by atoms with E-state index in [0.717, 1.165) is 44.9 Å². The fourth-order valence-electron chi connectivity index (χ4n) is 5.69. The fraction of sp³-hybridized carbons (Fsp3) is 0.900. The van der Waals surface area contributed by atoms with Crippen LogP contribution < -0.4 is 0 Å². The molecule has 3 N–H and O–H groups in total. The minimum Gasteiger partial charge on any atom is -0.462 e. The van der Waals surface area contributed by atoms with Crippen LogP contribution in [0.4, 0.5) is 0 Å². The molecule has 1 unspecified atom stereocenters. The van der Waals surface area contributed by atoms with Gasteiger partial charge in [0.05, 0.1) is 19.8 Å². The monoisotopic (exact) mass is 749 g/mol. The Morgan fingerprint density at radius 3 is 1.41 bits per heavy atom. The van der Waals surface area contributed by atoms with E-state index in [1.54, 1.807) is 0 Å². The molecule has 0 saturated heterocycles. The molecule has 0 aromatic rings. The topological polar surface area (TPSA) is 149 Å². The van der Waals surface area contributed by atoms with E-state index in [2.05, 4.69) is 30.5 Å². The molecule has 0 aromatic carbocycles. The largest absolute Gasteiger partial charge is 0.472 e. The second kappa shape index (κ2) is 37.0. The summed E-state index contributed by atoms with van der Waals surface area (Å²) in [6, 6.07) is 0. The fourth-order valence-corrected chi connectivity index (χ4v) is 6.48. The lowest BCUT2D eigenvalue weighted by Gasteiger charge is -2.20. The molecule has 10 nitrogen and oxygen atoms in total. The molecule has 0 aliphatic carbocycles. The van der Waals surface area contributed by atoms with Gasteiger partial charge in [-0.1, -0.05) is 154 Å². The number of aliphatic hydroxyl groups is 2. The molecule has 51 heavy (non-hydrogen) atoms. The van der Waals surface area contributed by atoms with Crippen molar-refractivity contribution in [3.05, 3.63) is 12.2 Å². The molecule has 3 atom stereocenters. The Bertz CT molecular complexity index is 868. The highest BCUT2D eigenvalue weighted by molar-refractivity contribution is 7.47. The molecule has 302 valence electrons. The first kappa shape index (κ1) is 49.7. The van der Waals surface area contributed by atoms with Gasteiger partial charge in [-0.2, -0.15) is 0 Å². The van der Waals surface area contributed by atoms with Crippen LogP contribution in [0.5, 0.6) is 0 Å². The van der Waals surface area contributed by atoms with Crippen molar-refractivity contribution < 1.29 is 47.8 Å². The summed E-state index contributed by atoms with van der Waals surface area (Å²) in [7, 11) is -4.61. The number of allylic oxidation sites excluding steroid dienone is 2. The third kappa shape index (κ3) is 36.8. The van der Waals surface area contributed by atoms with E-state index in [0.29, 0.717) is 12.8 Å². The lowest BCUT2D eigenvalue weighted by Crippen LogP contribution is -2.29. The second-order valence-corrected chi connectivity index (χ2v) is 15.5. The third-order valence-electron chi connectivity index (χ3n) is 8.92.